The molecule has 6 nitrogen and oxygen atoms in total. The Morgan fingerprint density at radius 1 is 0.824 bits per heavy atom. The summed E-state index contributed by atoms with van der Waals surface area (Å²) in [6.07, 6.45) is 0. The van der Waals surface area contributed by atoms with E-state index in [0.29, 0.717) is 16.9 Å². The molecule has 3 aromatic carbocycles. The Hall–Kier alpha value is -3.94. The van der Waals surface area contributed by atoms with E-state index in [1.54, 1.807) is 67.0 Å². The van der Waals surface area contributed by atoms with Gasteiger partial charge in [-0.3, -0.25) is 14.9 Å². The monoisotopic (exact) mass is 471 g/mol. The van der Waals surface area contributed by atoms with Gasteiger partial charge in [-0.2, -0.15) is 0 Å². The number of ether oxygens (including phenoxy) is 1. The van der Waals surface area contributed by atoms with Crippen LogP contribution in [0.1, 0.15) is 26.8 Å². The number of hydrogen-bond acceptors (Lipinski definition) is 5. The largest absolute Gasteiger partial charge is 0.497 e. The van der Waals surface area contributed by atoms with Gasteiger partial charge in [0.2, 0.25) is 5.91 Å². The molecule has 0 spiro atoms. The van der Waals surface area contributed by atoms with E-state index in [0.717, 1.165) is 16.2 Å². The predicted octanol–water partition coefficient (Wildman–Crippen LogP) is 5.33. The maximum Gasteiger partial charge on any atom is 0.255 e. The summed E-state index contributed by atoms with van der Waals surface area (Å²) in [6, 6.07) is 28.0. The van der Waals surface area contributed by atoms with Gasteiger partial charge in [0.1, 0.15) is 5.75 Å². The molecule has 0 aliphatic heterocycles. The van der Waals surface area contributed by atoms with Crippen molar-refractivity contribution in [2.24, 2.45) is 0 Å². The number of carbonyl (C=O) groups excluding carboxylic acids is 2. The lowest BCUT2D eigenvalue weighted by molar-refractivity contribution is -0.115. The third-order valence-electron chi connectivity index (χ3n) is 5.21. The first-order chi connectivity index (χ1) is 16.6. The Morgan fingerprint density at radius 2 is 1.50 bits per heavy atom. The van der Waals surface area contributed by atoms with E-state index in [2.05, 4.69) is 22.0 Å². The van der Waals surface area contributed by atoms with Crippen molar-refractivity contribution in [3.8, 4) is 5.75 Å². The molecular formula is C27H25N3O3S. The Balaban J connectivity index is 1.32. The summed E-state index contributed by atoms with van der Waals surface area (Å²) in [7, 11) is 1.59. The van der Waals surface area contributed by atoms with Gasteiger partial charge in [0.25, 0.3) is 5.91 Å². The van der Waals surface area contributed by atoms with Gasteiger partial charge in [-0.15, -0.1) is 11.3 Å². The van der Waals surface area contributed by atoms with Crippen LogP contribution in [0.3, 0.4) is 0 Å². The SMILES string of the molecule is COc1ccc(NC(=O)c2ccc(NC(=O)CN[C@@H](c3ccccc3)c3cccs3)cc2)cc1. The first-order valence-electron chi connectivity index (χ1n) is 10.8. The van der Waals surface area contributed by atoms with Crippen molar-refractivity contribution in [2.75, 3.05) is 24.3 Å². The number of thiophene rings is 1. The first kappa shape index (κ1) is 23.2. The van der Waals surface area contributed by atoms with E-state index in [9.17, 15) is 9.59 Å². The van der Waals surface area contributed by atoms with Crippen LogP contribution in [0.25, 0.3) is 0 Å². The fourth-order valence-electron chi connectivity index (χ4n) is 3.47. The van der Waals surface area contributed by atoms with Crippen LogP contribution in [0.5, 0.6) is 5.75 Å². The average molecular weight is 472 g/mol. The first-order valence-corrected chi connectivity index (χ1v) is 11.7. The van der Waals surface area contributed by atoms with Crippen molar-refractivity contribution in [3.05, 3.63) is 112 Å². The molecule has 0 aliphatic carbocycles. The van der Waals surface area contributed by atoms with Gasteiger partial charge in [0.05, 0.1) is 19.7 Å². The van der Waals surface area contributed by atoms with Gasteiger partial charge in [0, 0.05) is 21.8 Å². The Labute approximate surface area is 202 Å². The Bertz CT molecular complexity index is 1210. The molecule has 3 N–H and O–H groups in total. The number of benzene rings is 3. The zero-order valence-electron chi connectivity index (χ0n) is 18.7. The van der Waals surface area contributed by atoms with E-state index in [1.807, 2.05) is 41.8 Å². The molecule has 4 aromatic rings. The van der Waals surface area contributed by atoms with Gasteiger partial charge in [-0.1, -0.05) is 36.4 Å². The van der Waals surface area contributed by atoms with E-state index in [4.69, 9.17) is 4.74 Å². The third kappa shape index (κ3) is 6.10. The van der Waals surface area contributed by atoms with Crippen LogP contribution in [0, 0.1) is 0 Å². The van der Waals surface area contributed by atoms with Crippen LogP contribution in [-0.2, 0) is 4.79 Å². The average Bonchev–Trinajstić information content (AvgIpc) is 3.40. The van der Waals surface area contributed by atoms with Crippen molar-refractivity contribution in [3.63, 3.8) is 0 Å². The Kier molecular flexibility index (Phi) is 7.70. The van der Waals surface area contributed by atoms with Gasteiger partial charge >= 0.3 is 0 Å². The fourth-order valence-corrected chi connectivity index (χ4v) is 4.29. The standard InChI is InChI=1S/C27H25N3O3S/c1-33-23-15-13-22(14-16-23)30-27(32)20-9-11-21(12-10-20)29-25(31)18-28-26(24-8-5-17-34-24)19-6-3-2-4-7-19/h2-17,26,28H,18H2,1H3,(H,29,31)(H,30,32)/t26-/m0/s1. The van der Waals surface area contributed by atoms with E-state index in [-0.39, 0.29) is 24.4 Å². The minimum Gasteiger partial charge on any atom is -0.497 e. The number of methoxy groups -OCH3 is 1. The molecule has 1 aromatic heterocycles. The number of anilines is 2. The summed E-state index contributed by atoms with van der Waals surface area (Å²) < 4.78 is 5.12. The fraction of sp³-hybridized carbons (Fsp3) is 0.111. The van der Waals surface area contributed by atoms with E-state index >= 15 is 0 Å². The summed E-state index contributed by atoms with van der Waals surface area (Å²) in [5, 5.41) is 11.1. The Morgan fingerprint density at radius 3 is 2.15 bits per heavy atom. The molecule has 34 heavy (non-hydrogen) atoms. The molecule has 0 saturated heterocycles. The molecule has 172 valence electrons. The predicted molar refractivity (Wildman–Crippen MR) is 137 cm³/mol. The highest BCUT2D eigenvalue weighted by Crippen LogP contribution is 2.25. The van der Waals surface area contributed by atoms with Crippen LogP contribution < -0.4 is 20.7 Å². The summed E-state index contributed by atoms with van der Waals surface area (Å²) in [5.41, 5.74) is 2.90. The molecular weight excluding hydrogens is 446 g/mol. The second-order valence-corrected chi connectivity index (χ2v) is 8.53. The molecule has 0 saturated carbocycles. The van der Waals surface area contributed by atoms with E-state index in [1.165, 1.54) is 0 Å². The highest BCUT2D eigenvalue weighted by Gasteiger charge is 2.16. The topological polar surface area (TPSA) is 79.5 Å². The molecule has 7 heteroatoms. The lowest BCUT2D eigenvalue weighted by Crippen LogP contribution is -2.31. The summed E-state index contributed by atoms with van der Waals surface area (Å²) in [5.74, 6) is 0.331. The molecule has 0 fully saturated rings. The maximum atomic E-state index is 12.6. The molecule has 0 bridgehead atoms. The second kappa shape index (κ2) is 11.3. The van der Waals surface area contributed by atoms with Crippen LogP contribution in [-0.4, -0.2) is 25.5 Å². The summed E-state index contributed by atoms with van der Waals surface area (Å²) in [4.78, 5) is 26.2. The minimum absolute atomic E-state index is 0.0593. The quantitative estimate of drug-likeness (QED) is 0.308. The second-order valence-electron chi connectivity index (χ2n) is 7.55. The van der Waals surface area contributed by atoms with Crippen LogP contribution in [0.2, 0.25) is 0 Å². The smallest absolute Gasteiger partial charge is 0.255 e. The maximum absolute atomic E-state index is 12.6. The van der Waals surface area contributed by atoms with Crippen LogP contribution in [0.15, 0.2) is 96.4 Å². The van der Waals surface area contributed by atoms with E-state index < -0.39 is 0 Å². The number of hydrogen-bond donors (Lipinski definition) is 3. The zero-order chi connectivity index (χ0) is 23.8. The van der Waals surface area contributed by atoms with Crippen LogP contribution >= 0.6 is 11.3 Å². The number of nitrogens with one attached hydrogen (secondary N) is 3. The van der Waals surface area contributed by atoms with Crippen molar-refractivity contribution in [2.45, 2.75) is 6.04 Å². The number of rotatable bonds is 9. The molecule has 4 rings (SSSR count). The van der Waals surface area contributed by atoms with Gasteiger partial charge in [-0.05, 0) is 65.5 Å². The van der Waals surface area contributed by atoms with Crippen LogP contribution in [0.4, 0.5) is 11.4 Å². The number of carbonyl (C=O) groups is 2. The highest BCUT2D eigenvalue weighted by atomic mass is 32.1. The lowest BCUT2D eigenvalue weighted by Gasteiger charge is -2.18. The molecule has 2 amide bonds. The van der Waals surface area contributed by atoms with Crippen molar-refractivity contribution >= 4 is 34.5 Å². The van der Waals surface area contributed by atoms with Gasteiger partial charge in [-0.25, -0.2) is 0 Å². The normalized spacial score (nSPS) is 11.4. The lowest BCUT2D eigenvalue weighted by atomic mass is 10.1. The third-order valence-corrected chi connectivity index (χ3v) is 6.14. The zero-order valence-corrected chi connectivity index (χ0v) is 19.5. The van der Waals surface area contributed by atoms with Gasteiger partial charge in [0.15, 0.2) is 0 Å². The molecule has 1 atom stereocenters. The van der Waals surface area contributed by atoms with Crippen molar-refractivity contribution < 1.29 is 14.3 Å². The summed E-state index contributed by atoms with van der Waals surface area (Å²) in [6.45, 7) is 0.150. The van der Waals surface area contributed by atoms with Crippen molar-refractivity contribution in [1.82, 2.24) is 5.32 Å². The van der Waals surface area contributed by atoms with Crippen molar-refractivity contribution in [1.29, 1.82) is 0 Å². The summed E-state index contributed by atoms with van der Waals surface area (Å²) >= 11 is 1.65. The molecule has 0 aliphatic rings. The number of amides is 2. The molecule has 0 radical (unpaired) electrons. The minimum atomic E-state index is -0.230. The molecule has 0 unspecified atom stereocenters. The highest BCUT2D eigenvalue weighted by molar-refractivity contribution is 7.10. The molecule has 1 heterocycles. The van der Waals surface area contributed by atoms with Gasteiger partial charge < -0.3 is 15.4 Å².